The number of rotatable bonds is 4. The number of nitrogens with one attached hydrogen (secondary N) is 1. The predicted octanol–water partition coefficient (Wildman–Crippen LogP) is 2.83. The van der Waals surface area contributed by atoms with Crippen molar-refractivity contribution < 1.29 is 13.2 Å². The first-order valence-electron chi connectivity index (χ1n) is 6.34. The molecule has 4 nitrogen and oxygen atoms in total. The standard InChI is InChI=1S/C14H17F2N3O/c1-14(2,3)17-8-13-19-18-12(20-13)7-9-10(15)5-4-6-11(9)16/h4-6,17H,7-8H2,1-3H3. The molecule has 0 saturated heterocycles. The largest absolute Gasteiger partial charge is 0.424 e. The van der Waals surface area contributed by atoms with E-state index in [-0.39, 0.29) is 23.4 Å². The zero-order valence-electron chi connectivity index (χ0n) is 11.7. The average Bonchev–Trinajstić information content (AvgIpc) is 2.79. The zero-order valence-corrected chi connectivity index (χ0v) is 11.7. The van der Waals surface area contributed by atoms with E-state index in [1.165, 1.54) is 18.2 Å². The summed E-state index contributed by atoms with van der Waals surface area (Å²) >= 11 is 0. The van der Waals surface area contributed by atoms with Crippen LogP contribution in [0.5, 0.6) is 0 Å². The molecule has 20 heavy (non-hydrogen) atoms. The first-order valence-corrected chi connectivity index (χ1v) is 6.34. The molecule has 0 bridgehead atoms. The van der Waals surface area contributed by atoms with Gasteiger partial charge in [-0.05, 0) is 32.9 Å². The fourth-order valence-corrected chi connectivity index (χ4v) is 1.62. The zero-order chi connectivity index (χ0) is 14.8. The second kappa shape index (κ2) is 5.66. The molecule has 6 heteroatoms. The van der Waals surface area contributed by atoms with Gasteiger partial charge < -0.3 is 9.73 Å². The Balaban J connectivity index is 2.06. The van der Waals surface area contributed by atoms with Crippen LogP contribution in [0.3, 0.4) is 0 Å². The fourth-order valence-electron chi connectivity index (χ4n) is 1.62. The molecule has 0 saturated carbocycles. The van der Waals surface area contributed by atoms with E-state index >= 15 is 0 Å². The van der Waals surface area contributed by atoms with Crippen LogP contribution >= 0.6 is 0 Å². The van der Waals surface area contributed by atoms with Crippen LogP contribution in [0.1, 0.15) is 38.1 Å². The van der Waals surface area contributed by atoms with Crippen molar-refractivity contribution in [1.29, 1.82) is 0 Å². The van der Waals surface area contributed by atoms with Crippen molar-refractivity contribution in [3.8, 4) is 0 Å². The van der Waals surface area contributed by atoms with Crippen LogP contribution in [0, 0.1) is 11.6 Å². The highest BCUT2D eigenvalue weighted by Gasteiger charge is 2.15. The Hall–Kier alpha value is -1.82. The van der Waals surface area contributed by atoms with Gasteiger partial charge in [-0.15, -0.1) is 10.2 Å². The van der Waals surface area contributed by atoms with Gasteiger partial charge in [0.15, 0.2) is 0 Å². The predicted molar refractivity (Wildman–Crippen MR) is 70.1 cm³/mol. The number of hydrogen-bond donors (Lipinski definition) is 1. The lowest BCUT2D eigenvalue weighted by atomic mass is 10.1. The lowest BCUT2D eigenvalue weighted by Gasteiger charge is -2.18. The fraction of sp³-hybridized carbons (Fsp3) is 0.429. The molecule has 1 aromatic carbocycles. The first kappa shape index (κ1) is 14.6. The molecule has 1 heterocycles. The van der Waals surface area contributed by atoms with E-state index in [1.54, 1.807) is 0 Å². The van der Waals surface area contributed by atoms with Gasteiger partial charge in [0.25, 0.3) is 0 Å². The third-order valence-corrected chi connectivity index (χ3v) is 2.67. The van der Waals surface area contributed by atoms with Gasteiger partial charge in [0.2, 0.25) is 11.8 Å². The second-order valence-corrected chi connectivity index (χ2v) is 5.57. The second-order valence-electron chi connectivity index (χ2n) is 5.57. The molecular weight excluding hydrogens is 264 g/mol. The van der Waals surface area contributed by atoms with E-state index in [1.807, 2.05) is 20.8 Å². The highest BCUT2D eigenvalue weighted by Crippen LogP contribution is 2.16. The summed E-state index contributed by atoms with van der Waals surface area (Å²) in [5.74, 6) is -0.637. The van der Waals surface area contributed by atoms with Crippen LogP contribution in [0.25, 0.3) is 0 Å². The van der Waals surface area contributed by atoms with Crippen LogP contribution in [0.2, 0.25) is 0 Å². The molecule has 0 aliphatic rings. The van der Waals surface area contributed by atoms with Crippen molar-refractivity contribution in [2.24, 2.45) is 0 Å². The number of halogens is 2. The maximum absolute atomic E-state index is 13.5. The Morgan fingerprint density at radius 3 is 2.30 bits per heavy atom. The smallest absolute Gasteiger partial charge is 0.230 e. The normalized spacial score (nSPS) is 11.8. The maximum Gasteiger partial charge on any atom is 0.230 e. The molecule has 0 fully saturated rings. The van der Waals surface area contributed by atoms with E-state index in [0.29, 0.717) is 12.4 Å². The Morgan fingerprint density at radius 1 is 1.10 bits per heavy atom. The summed E-state index contributed by atoms with van der Waals surface area (Å²) in [6.07, 6.45) is -0.0545. The van der Waals surface area contributed by atoms with Gasteiger partial charge in [-0.2, -0.15) is 0 Å². The molecule has 0 spiro atoms. The summed E-state index contributed by atoms with van der Waals surface area (Å²) in [6.45, 7) is 6.45. The number of aromatic nitrogens is 2. The molecule has 1 N–H and O–H groups in total. The van der Waals surface area contributed by atoms with Gasteiger partial charge in [0.05, 0.1) is 13.0 Å². The Labute approximate surface area is 116 Å². The minimum Gasteiger partial charge on any atom is -0.424 e. The lowest BCUT2D eigenvalue weighted by molar-refractivity contribution is 0.372. The Kier molecular flexibility index (Phi) is 4.13. The van der Waals surface area contributed by atoms with Crippen molar-refractivity contribution >= 4 is 0 Å². The van der Waals surface area contributed by atoms with Crippen molar-refractivity contribution in [2.45, 2.75) is 39.3 Å². The quantitative estimate of drug-likeness (QED) is 0.936. The molecule has 2 aromatic rings. The van der Waals surface area contributed by atoms with Crippen LogP contribution in [-0.2, 0) is 13.0 Å². The molecule has 0 aliphatic heterocycles. The SMILES string of the molecule is CC(C)(C)NCc1nnc(Cc2c(F)cccc2F)o1. The van der Waals surface area contributed by atoms with Crippen LogP contribution in [0.15, 0.2) is 22.6 Å². The van der Waals surface area contributed by atoms with Gasteiger partial charge >= 0.3 is 0 Å². The molecule has 0 aliphatic carbocycles. The number of benzene rings is 1. The molecule has 2 rings (SSSR count). The lowest BCUT2D eigenvalue weighted by Crippen LogP contribution is -2.35. The minimum absolute atomic E-state index is 0.0545. The Bertz CT molecular complexity index is 570. The van der Waals surface area contributed by atoms with E-state index in [2.05, 4.69) is 15.5 Å². The highest BCUT2D eigenvalue weighted by molar-refractivity contribution is 5.22. The summed E-state index contributed by atoms with van der Waals surface area (Å²) < 4.78 is 32.4. The van der Waals surface area contributed by atoms with Gasteiger partial charge in [0, 0.05) is 11.1 Å². The van der Waals surface area contributed by atoms with Crippen molar-refractivity contribution in [3.63, 3.8) is 0 Å². The first-order chi connectivity index (χ1) is 9.35. The summed E-state index contributed by atoms with van der Waals surface area (Å²) in [7, 11) is 0. The van der Waals surface area contributed by atoms with Crippen LogP contribution in [0.4, 0.5) is 8.78 Å². The van der Waals surface area contributed by atoms with E-state index < -0.39 is 11.6 Å². The molecule has 0 unspecified atom stereocenters. The monoisotopic (exact) mass is 281 g/mol. The van der Waals surface area contributed by atoms with Crippen LogP contribution in [-0.4, -0.2) is 15.7 Å². The van der Waals surface area contributed by atoms with E-state index in [9.17, 15) is 8.78 Å². The summed E-state index contributed by atoms with van der Waals surface area (Å²) in [4.78, 5) is 0. The van der Waals surface area contributed by atoms with E-state index in [0.717, 1.165) is 0 Å². The van der Waals surface area contributed by atoms with Gasteiger partial charge in [-0.3, -0.25) is 0 Å². The third kappa shape index (κ3) is 3.84. The van der Waals surface area contributed by atoms with Crippen molar-refractivity contribution in [1.82, 2.24) is 15.5 Å². The topological polar surface area (TPSA) is 51.0 Å². The highest BCUT2D eigenvalue weighted by atomic mass is 19.1. The maximum atomic E-state index is 13.5. The minimum atomic E-state index is -0.613. The number of hydrogen-bond acceptors (Lipinski definition) is 4. The summed E-state index contributed by atoms with van der Waals surface area (Å²) in [5, 5.41) is 10.8. The van der Waals surface area contributed by atoms with Gasteiger partial charge in [-0.1, -0.05) is 6.07 Å². The van der Waals surface area contributed by atoms with E-state index in [4.69, 9.17) is 4.42 Å². The van der Waals surface area contributed by atoms with Gasteiger partial charge in [0.1, 0.15) is 11.6 Å². The average molecular weight is 281 g/mol. The Morgan fingerprint density at radius 2 is 1.70 bits per heavy atom. The molecule has 0 amide bonds. The van der Waals surface area contributed by atoms with Crippen molar-refractivity contribution in [2.75, 3.05) is 0 Å². The van der Waals surface area contributed by atoms with Gasteiger partial charge in [-0.25, -0.2) is 8.78 Å². The third-order valence-electron chi connectivity index (χ3n) is 2.67. The molecule has 108 valence electrons. The molecule has 1 aromatic heterocycles. The summed E-state index contributed by atoms with van der Waals surface area (Å²) in [6, 6.07) is 3.73. The summed E-state index contributed by atoms with van der Waals surface area (Å²) in [5.41, 5.74) is -0.141. The van der Waals surface area contributed by atoms with Crippen molar-refractivity contribution in [3.05, 3.63) is 47.2 Å². The number of nitrogens with zero attached hydrogens (tertiary/aromatic N) is 2. The van der Waals surface area contributed by atoms with Crippen LogP contribution < -0.4 is 5.32 Å². The molecule has 0 radical (unpaired) electrons. The molecular formula is C14H17F2N3O. The molecule has 0 atom stereocenters.